The minimum Gasteiger partial charge on any atom is -0.435 e. The Morgan fingerprint density at radius 3 is 2.73 bits per heavy atom. The molecule has 0 aliphatic heterocycles. The number of nitrogens with zero attached hydrogens (tertiary/aromatic N) is 2. The van der Waals surface area contributed by atoms with Gasteiger partial charge in [-0.1, -0.05) is 12.2 Å². The fraction of sp³-hybridized carbons (Fsp3) is 0.176. The number of H-pyrrole nitrogens is 1. The van der Waals surface area contributed by atoms with Gasteiger partial charge >= 0.3 is 0 Å². The molecule has 0 aliphatic carbocycles. The maximum absolute atomic E-state index is 14.6. The van der Waals surface area contributed by atoms with Crippen molar-refractivity contribution in [2.24, 2.45) is 0 Å². The molecule has 0 unspecified atom stereocenters. The summed E-state index contributed by atoms with van der Waals surface area (Å²) in [6.45, 7) is 5.64. The Hall–Kier alpha value is -2.69. The summed E-state index contributed by atoms with van der Waals surface area (Å²) in [7, 11) is 0. The molecule has 0 amide bonds. The topological polar surface area (TPSA) is 50.8 Å². The largest absolute Gasteiger partial charge is 0.435 e. The molecule has 2 heterocycles. The van der Waals surface area contributed by atoms with Crippen LogP contribution in [0.4, 0.5) is 4.39 Å². The number of hydrogen-bond acceptors (Lipinski definition) is 3. The quantitative estimate of drug-likeness (QED) is 0.791. The predicted octanol–water partition coefficient (Wildman–Crippen LogP) is 2.80. The second-order valence-corrected chi connectivity index (χ2v) is 4.95. The maximum atomic E-state index is 14.6. The van der Waals surface area contributed by atoms with Crippen molar-refractivity contribution in [3.63, 3.8) is 0 Å². The van der Waals surface area contributed by atoms with Gasteiger partial charge in [-0.2, -0.15) is 0 Å². The van der Waals surface area contributed by atoms with Crippen molar-refractivity contribution in [2.75, 3.05) is 0 Å². The van der Waals surface area contributed by atoms with Gasteiger partial charge in [-0.25, -0.2) is 14.4 Å². The molecule has 0 aliphatic rings. The van der Waals surface area contributed by atoms with E-state index >= 15 is 0 Å². The van der Waals surface area contributed by atoms with Crippen LogP contribution in [-0.2, 0) is 0 Å². The van der Waals surface area contributed by atoms with E-state index in [1.165, 1.54) is 6.33 Å². The molecule has 1 N–H and O–H groups in total. The first-order valence-electron chi connectivity index (χ1n) is 7.03. The number of aromatic nitrogens is 3. The van der Waals surface area contributed by atoms with Crippen molar-refractivity contribution in [3.05, 3.63) is 46.6 Å². The summed E-state index contributed by atoms with van der Waals surface area (Å²) >= 11 is 0. The molecule has 0 fully saturated rings. The summed E-state index contributed by atoms with van der Waals surface area (Å²) in [4.78, 5) is 11.4. The Morgan fingerprint density at radius 1 is 1.18 bits per heavy atom. The van der Waals surface area contributed by atoms with E-state index in [0.717, 1.165) is 21.8 Å². The van der Waals surface area contributed by atoms with Crippen molar-refractivity contribution in [1.82, 2.24) is 15.0 Å². The van der Waals surface area contributed by atoms with Crippen LogP contribution in [0, 0.1) is 12.7 Å². The highest BCUT2D eigenvalue weighted by atomic mass is 19.1. The van der Waals surface area contributed by atoms with Crippen LogP contribution < -0.4 is 15.3 Å². The van der Waals surface area contributed by atoms with Gasteiger partial charge in [0.25, 0.3) is 0 Å². The minimum absolute atomic E-state index is 0.148. The molecule has 112 valence electrons. The molecular formula is C17H16FN3O. The van der Waals surface area contributed by atoms with E-state index in [1.54, 1.807) is 18.2 Å². The van der Waals surface area contributed by atoms with Crippen molar-refractivity contribution in [3.8, 4) is 11.6 Å². The zero-order valence-corrected chi connectivity index (χ0v) is 12.6. The van der Waals surface area contributed by atoms with Gasteiger partial charge in [-0.3, -0.25) is 0 Å². The fourth-order valence-corrected chi connectivity index (χ4v) is 2.45. The Kier molecular flexibility index (Phi) is 3.63. The Labute approximate surface area is 127 Å². The second-order valence-electron chi connectivity index (χ2n) is 4.95. The molecule has 4 nitrogen and oxygen atoms in total. The van der Waals surface area contributed by atoms with Gasteiger partial charge in [0.2, 0.25) is 5.88 Å². The predicted molar refractivity (Wildman–Crippen MR) is 84.6 cm³/mol. The summed E-state index contributed by atoms with van der Waals surface area (Å²) in [6.07, 6.45) is 5.12. The third-order valence-electron chi connectivity index (χ3n) is 3.48. The first kappa shape index (κ1) is 14.3. The second kappa shape index (κ2) is 5.60. The van der Waals surface area contributed by atoms with Crippen LogP contribution in [0.1, 0.15) is 19.5 Å². The molecule has 3 rings (SSSR count). The van der Waals surface area contributed by atoms with E-state index in [4.69, 9.17) is 4.74 Å². The van der Waals surface area contributed by atoms with E-state index in [0.29, 0.717) is 11.3 Å². The van der Waals surface area contributed by atoms with Gasteiger partial charge in [-0.05, 0) is 39.0 Å². The van der Waals surface area contributed by atoms with Crippen LogP contribution >= 0.6 is 0 Å². The molecule has 0 bridgehead atoms. The Bertz CT molecular complexity index is 960. The van der Waals surface area contributed by atoms with Crippen LogP contribution in [-0.4, -0.2) is 15.0 Å². The van der Waals surface area contributed by atoms with Gasteiger partial charge in [0.15, 0.2) is 11.6 Å². The lowest BCUT2D eigenvalue weighted by atomic mass is 10.2. The third-order valence-corrected chi connectivity index (χ3v) is 3.48. The van der Waals surface area contributed by atoms with Crippen LogP contribution in [0.25, 0.3) is 23.1 Å². The lowest BCUT2D eigenvalue weighted by molar-refractivity contribution is 0.425. The fourth-order valence-electron chi connectivity index (χ4n) is 2.45. The number of aromatic amines is 1. The molecule has 22 heavy (non-hydrogen) atoms. The number of ether oxygens (including phenoxy) is 1. The first-order chi connectivity index (χ1) is 10.6. The molecule has 0 saturated carbocycles. The van der Waals surface area contributed by atoms with Crippen molar-refractivity contribution < 1.29 is 9.13 Å². The van der Waals surface area contributed by atoms with Gasteiger partial charge in [0.05, 0.1) is 10.6 Å². The molecular weight excluding hydrogens is 281 g/mol. The summed E-state index contributed by atoms with van der Waals surface area (Å²) in [5.74, 6) is 0.0935. The SMILES string of the molecule is CC=c1ncnc(Oc2ccc3[nH]c(C)cc3c2F)c1=CC. The molecule has 0 spiro atoms. The molecule has 2 aromatic heterocycles. The highest BCUT2D eigenvalue weighted by Gasteiger charge is 2.12. The van der Waals surface area contributed by atoms with E-state index < -0.39 is 5.82 Å². The van der Waals surface area contributed by atoms with E-state index in [1.807, 2.05) is 32.9 Å². The van der Waals surface area contributed by atoms with Gasteiger partial charge in [0.1, 0.15) is 6.33 Å². The summed E-state index contributed by atoms with van der Waals surface area (Å²) < 4.78 is 20.3. The van der Waals surface area contributed by atoms with Crippen LogP contribution in [0.3, 0.4) is 0 Å². The summed E-state index contributed by atoms with van der Waals surface area (Å²) in [5, 5.41) is 2.01. The normalized spacial score (nSPS) is 13.1. The zero-order chi connectivity index (χ0) is 15.7. The molecule has 0 saturated heterocycles. The highest BCUT2D eigenvalue weighted by molar-refractivity contribution is 5.82. The first-order valence-corrected chi connectivity index (χ1v) is 7.03. The standard InChI is InChI=1S/C17H16FN3O/c1-4-11-13(5-2)19-9-20-17(11)22-15-7-6-14-12(16(15)18)8-10(3)21-14/h4-9,21H,1-3H3. The zero-order valence-electron chi connectivity index (χ0n) is 12.6. The van der Waals surface area contributed by atoms with Gasteiger partial charge < -0.3 is 9.72 Å². The number of rotatable bonds is 2. The average Bonchev–Trinajstić information content (AvgIpc) is 2.91. The monoisotopic (exact) mass is 297 g/mol. The van der Waals surface area contributed by atoms with Crippen molar-refractivity contribution in [2.45, 2.75) is 20.8 Å². The summed E-state index contributed by atoms with van der Waals surface area (Å²) in [6, 6.07) is 5.16. The van der Waals surface area contributed by atoms with Gasteiger partial charge in [0, 0.05) is 16.6 Å². The lowest BCUT2D eigenvalue weighted by Gasteiger charge is -2.07. The van der Waals surface area contributed by atoms with Crippen LogP contribution in [0.5, 0.6) is 11.6 Å². The van der Waals surface area contributed by atoms with Crippen LogP contribution in [0.15, 0.2) is 24.5 Å². The molecule has 0 radical (unpaired) electrons. The smallest absolute Gasteiger partial charge is 0.229 e. The minimum atomic E-state index is -0.399. The maximum Gasteiger partial charge on any atom is 0.229 e. The Morgan fingerprint density at radius 2 is 2.00 bits per heavy atom. The van der Waals surface area contributed by atoms with Crippen LogP contribution in [0.2, 0.25) is 0 Å². The summed E-state index contributed by atoms with van der Waals surface area (Å²) in [5.41, 5.74) is 1.65. The number of aryl methyl sites for hydroxylation is 1. The number of nitrogens with one attached hydrogen (secondary N) is 1. The molecule has 1 aromatic carbocycles. The lowest BCUT2D eigenvalue weighted by Crippen LogP contribution is -2.29. The third kappa shape index (κ3) is 2.35. The van der Waals surface area contributed by atoms with E-state index in [9.17, 15) is 4.39 Å². The number of benzene rings is 1. The molecule has 5 heteroatoms. The van der Waals surface area contributed by atoms with E-state index in [-0.39, 0.29) is 5.75 Å². The number of fused-ring (bicyclic) bond motifs is 1. The van der Waals surface area contributed by atoms with E-state index in [2.05, 4.69) is 15.0 Å². The highest BCUT2D eigenvalue weighted by Crippen LogP contribution is 2.28. The van der Waals surface area contributed by atoms with Crippen molar-refractivity contribution in [1.29, 1.82) is 0 Å². The average molecular weight is 297 g/mol. The van der Waals surface area contributed by atoms with Crippen molar-refractivity contribution >= 4 is 23.1 Å². The number of halogens is 1. The Balaban J connectivity index is 2.13. The number of hydrogen-bond donors (Lipinski definition) is 1. The molecule has 0 atom stereocenters. The molecule has 3 aromatic rings. The van der Waals surface area contributed by atoms with Gasteiger partial charge in [-0.15, -0.1) is 0 Å².